The number of Topliss-reactive ketones (excluding diaryl/α,β-unsaturated/α-hetero) is 1. The predicted molar refractivity (Wildman–Crippen MR) is 116 cm³/mol. The van der Waals surface area contributed by atoms with E-state index in [0.717, 1.165) is 69.5 Å². The Labute approximate surface area is 179 Å². The van der Waals surface area contributed by atoms with Crippen molar-refractivity contribution in [2.45, 2.75) is 63.4 Å². The van der Waals surface area contributed by atoms with Gasteiger partial charge in [0.2, 0.25) is 0 Å². The Hall–Kier alpha value is -1.66. The molecule has 3 heterocycles. The molecular formula is C24H35N3O3. The molecule has 1 aromatic rings. The highest BCUT2D eigenvalue weighted by Crippen LogP contribution is 2.40. The molecule has 0 atom stereocenters. The van der Waals surface area contributed by atoms with Crippen LogP contribution in [-0.4, -0.2) is 65.7 Å². The van der Waals surface area contributed by atoms with Crippen LogP contribution in [0.3, 0.4) is 0 Å². The first-order valence-corrected chi connectivity index (χ1v) is 11.9. The van der Waals surface area contributed by atoms with E-state index in [4.69, 9.17) is 4.74 Å². The molecule has 1 saturated heterocycles. The molecule has 3 fully saturated rings. The summed E-state index contributed by atoms with van der Waals surface area (Å²) in [7, 11) is 0. The minimum Gasteiger partial charge on any atom is -0.489 e. The highest BCUT2D eigenvalue weighted by molar-refractivity contribution is 5.89. The van der Waals surface area contributed by atoms with E-state index in [1.54, 1.807) is 0 Å². The number of fused-ring (bicyclic) bond motifs is 1. The molecule has 2 aliphatic heterocycles. The van der Waals surface area contributed by atoms with Crippen molar-refractivity contribution in [3.63, 3.8) is 0 Å². The van der Waals surface area contributed by atoms with Gasteiger partial charge >= 0.3 is 0 Å². The van der Waals surface area contributed by atoms with Gasteiger partial charge in [-0.25, -0.2) is 4.98 Å². The van der Waals surface area contributed by atoms with Crippen LogP contribution in [-0.2, 0) is 11.2 Å². The molecule has 1 aromatic heterocycles. The molecule has 0 bridgehead atoms. The zero-order chi connectivity index (χ0) is 20.6. The molecule has 2 saturated carbocycles. The fourth-order valence-corrected chi connectivity index (χ4v) is 5.44. The van der Waals surface area contributed by atoms with E-state index in [1.807, 2.05) is 6.20 Å². The average molecular weight is 414 g/mol. The number of pyridine rings is 1. The lowest BCUT2D eigenvalue weighted by Crippen LogP contribution is -2.47. The lowest BCUT2D eigenvalue weighted by molar-refractivity contribution is -0.130. The van der Waals surface area contributed by atoms with Crippen molar-refractivity contribution in [1.29, 1.82) is 0 Å². The number of rotatable bonds is 7. The average Bonchev–Trinajstić information content (AvgIpc) is 3.34. The van der Waals surface area contributed by atoms with Gasteiger partial charge < -0.3 is 14.7 Å². The number of nitrogens with zero attached hydrogens (tertiary/aromatic N) is 3. The number of hydrogen-bond donors (Lipinski definition) is 1. The fourth-order valence-electron chi connectivity index (χ4n) is 5.44. The molecule has 164 valence electrons. The third-order valence-corrected chi connectivity index (χ3v) is 7.79. The molecule has 30 heavy (non-hydrogen) atoms. The maximum atomic E-state index is 12.1. The van der Waals surface area contributed by atoms with Gasteiger partial charge in [-0.15, -0.1) is 0 Å². The van der Waals surface area contributed by atoms with Crippen LogP contribution in [0.1, 0.15) is 56.9 Å². The zero-order valence-corrected chi connectivity index (χ0v) is 18.0. The topological polar surface area (TPSA) is 65.9 Å². The van der Waals surface area contributed by atoms with Crippen LogP contribution in [0.4, 0.5) is 5.82 Å². The van der Waals surface area contributed by atoms with Crippen LogP contribution in [0.25, 0.3) is 0 Å². The number of aliphatic hydroxyl groups is 1. The van der Waals surface area contributed by atoms with Gasteiger partial charge in [0, 0.05) is 50.8 Å². The molecule has 0 unspecified atom stereocenters. The lowest BCUT2D eigenvalue weighted by atomic mass is 9.78. The molecular weight excluding hydrogens is 378 g/mol. The molecule has 6 heteroatoms. The third-order valence-electron chi connectivity index (χ3n) is 7.79. The number of aromatic nitrogens is 1. The second-order valence-electron chi connectivity index (χ2n) is 9.88. The Morgan fingerprint density at radius 1 is 1.13 bits per heavy atom. The smallest absolute Gasteiger partial charge is 0.171 e. The molecule has 0 amide bonds. The number of ketones is 1. The Bertz CT molecular complexity index is 763. The van der Waals surface area contributed by atoms with Gasteiger partial charge in [0.25, 0.3) is 0 Å². The summed E-state index contributed by atoms with van der Waals surface area (Å²) in [6, 6.07) is 2.08. The summed E-state index contributed by atoms with van der Waals surface area (Å²) in [5.74, 6) is 3.45. The largest absolute Gasteiger partial charge is 0.489 e. The summed E-state index contributed by atoms with van der Waals surface area (Å²) in [4.78, 5) is 21.7. The minimum absolute atomic E-state index is 0.104. The van der Waals surface area contributed by atoms with Crippen molar-refractivity contribution in [2.75, 3.05) is 44.2 Å². The normalized spacial score (nSPS) is 28.1. The Kier molecular flexibility index (Phi) is 5.71. The van der Waals surface area contributed by atoms with Crippen molar-refractivity contribution in [3.8, 4) is 5.75 Å². The Morgan fingerprint density at radius 3 is 2.60 bits per heavy atom. The molecule has 0 spiro atoms. The standard InChI is InChI=1S/C24H35N3O3/c28-21(24(29)8-9-24)17-19-3-1-18(2-4-19)6-11-26-12-14-27(15-13-26)23-22-20(5-10-25-23)7-16-30-22/h5,10,18-19,29H,1-4,6-9,11-17H2. The quantitative estimate of drug-likeness (QED) is 0.742. The third kappa shape index (κ3) is 4.35. The van der Waals surface area contributed by atoms with Gasteiger partial charge in [-0.05, 0) is 56.6 Å². The second kappa shape index (κ2) is 8.46. The SMILES string of the molecule is O=C(CC1CCC(CCN2CCN(c3nccc4c3OCC4)CC2)CC1)C1(O)CC1. The van der Waals surface area contributed by atoms with Crippen LogP contribution in [0, 0.1) is 11.8 Å². The predicted octanol–water partition coefficient (Wildman–Crippen LogP) is 2.82. The zero-order valence-electron chi connectivity index (χ0n) is 18.0. The summed E-state index contributed by atoms with van der Waals surface area (Å²) in [6.07, 6.45) is 11.0. The summed E-state index contributed by atoms with van der Waals surface area (Å²) in [5, 5.41) is 9.98. The van der Waals surface area contributed by atoms with Gasteiger partial charge in [-0.2, -0.15) is 0 Å². The number of carbonyl (C=O) groups excluding carboxylic acids is 1. The first-order valence-electron chi connectivity index (χ1n) is 11.9. The van der Waals surface area contributed by atoms with E-state index in [9.17, 15) is 9.90 Å². The Morgan fingerprint density at radius 2 is 1.87 bits per heavy atom. The van der Waals surface area contributed by atoms with Crippen LogP contribution in [0.2, 0.25) is 0 Å². The first kappa shape index (κ1) is 20.3. The van der Waals surface area contributed by atoms with Gasteiger partial charge in [0.15, 0.2) is 17.4 Å². The number of piperazine rings is 1. The van der Waals surface area contributed by atoms with Crippen molar-refractivity contribution < 1.29 is 14.6 Å². The summed E-state index contributed by atoms with van der Waals surface area (Å²) in [5.41, 5.74) is 0.367. The van der Waals surface area contributed by atoms with Crippen LogP contribution in [0.5, 0.6) is 5.75 Å². The summed E-state index contributed by atoms with van der Waals surface area (Å²) >= 11 is 0. The second-order valence-corrected chi connectivity index (χ2v) is 9.88. The number of hydrogen-bond acceptors (Lipinski definition) is 6. The maximum absolute atomic E-state index is 12.1. The van der Waals surface area contributed by atoms with Gasteiger partial charge in [0.05, 0.1) is 6.61 Å². The summed E-state index contributed by atoms with van der Waals surface area (Å²) in [6.45, 7) is 6.18. The van der Waals surface area contributed by atoms with Crippen molar-refractivity contribution in [1.82, 2.24) is 9.88 Å². The van der Waals surface area contributed by atoms with Gasteiger partial charge in [-0.3, -0.25) is 9.69 Å². The van der Waals surface area contributed by atoms with E-state index in [1.165, 1.54) is 31.4 Å². The maximum Gasteiger partial charge on any atom is 0.171 e. The monoisotopic (exact) mass is 413 g/mol. The molecule has 5 rings (SSSR count). The van der Waals surface area contributed by atoms with Crippen LogP contribution in [0.15, 0.2) is 12.3 Å². The Balaban J connectivity index is 1.02. The van der Waals surface area contributed by atoms with Gasteiger partial charge in [0.1, 0.15) is 5.60 Å². The highest BCUT2D eigenvalue weighted by atomic mass is 16.5. The van der Waals surface area contributed by atoms with E-state index in [0.29, 0.717) is 25.2 Å². The summed E-state index contributed by atoms with van der Waals surface area (Å²) < 4.78 is 5.84. The molecule has 4 aliphatic rings. The van der Waals surface area contributed by atoms with Gasteiger partial charge in [-0.1, -0.05) is 12.8 Å². The fraction of sp³-hybridized carbons (Fsp3) is 0.750. The van der Waals surface area contributed by atoms with Crippen LogP contribution >= 0.6 is 0 Å². The van der Waals surface area contributed by atoms with E-state index in [-0.39, 0.29) is 5.78 Å². The number of ether oxygens (including phenoxy) is 1. The van der Waals surface area contributed by atoms with Crippen molar-refractivity contribution in [3.05, 3.63) is 17.8 Å². The number of carbonyl (C=O) groups is 1. The van der Waals surface area contributed by atoms with E-state index in [2.05, 4.69) is 20.9 Å². The lowest BCUT2D eigenvalue weighted by Gasteiger charge is -2.37. The molecule has 2 aliphatic carbocycles. The van der Waals surface area contributed by atoms with Crippen molar-refractivity contribution in [2.24, 2.45) is 11.8 Å². The number of anilines is 1. The first-order chi connectivity index (χ1) is 14.6. The molecule has 0 radical (unpaired) electrons. The highest BCUT2D eigenvalue weighted by Gasteiger charge is 2.47. The van der Waals surface area contributed by atoms with Crippen molar-refractivity contribution >= 4 is 11.6 Å². The van der Waals surface area contributed by atoms with E-state index >= 15 is 0 Å². The molecule has 6 nitrogen and oxygen atoms in total. The minimum atomic E-state index is -0.930. The van der Waals surface area contributed by atoms with E-state index < -0.39 is 5.60 Å². The molecule has 1 N–H and O–H groups in total. The van der Waals surface area contributed by atoms with Crippen LogP contribution < -0.4 is 9.64 Å². The molecule has 0 aromatic carbocycles.